The van der Waals surface area contributed by atoms with E-state index in [4.69, 9.17) is 4.74 Å². The molecule has 98 valence electrons. The van der Waals surface area contributed by atoms with E-state index < -0.39 is 4.92 Å². The molecule has 2 aromatic rings. The Kier molecular flexibility index (Phi) is 4.16. The van der Waals surface area contributed by atoms with Crippen molar-refractivity contribution >= 4 is 21.6 Å². The van der Waals surface area contributed by atoms with Gasteiger partial charge < -0.3 is 4.74 Å². The highest BCUT2D eigenvalue weighted by molar-refractivity contribution is 9.10. The normalized spacial score (nSPS) is 10.2. The fraction of sp³-hybridized carbons (Fsp3) is 0.143. The first kappa shape index (κ1) is 13.5. The van der Waals surface area contributed by atoms with Crippen molar-refractivity contribution in [1.82, 2.24) is 0 Å². The van der Waals surface area contributed by atoms with Gasteiger partial charge in [0.2, 0.25) is 0 Å². The Morgan fingerprint density at radius 2 is 1.95 bits per heavy atom. The number of rotatable bonds is 4. The fourth-order valence-electron chi connectivity index (χ4n) is 1.87. The van der Waals surface area contributed by atoms with E-state index in [2.05, 4.69) is 15.9 Å². The molecule has 0 unspecified atom stereocenters. The largest absolute Gasteiger partial charge is 0.496 e. The molecule has 0 aliphatic carbocycles. The molecule has 0 saturated heterocycles. The molecule has 0 amide bonds. The van der Waals surface area contributed by atoms with E-state index in [0.717, 1.165) is 11.1 Å². The Balaban J connectivity index is 2.40. The molecule has 0 fully saturated rings. The predicted molar refractivity (Wildman–Crippen MR) is 76.6 cm³/mol. The fourth-order valence-corrected chi connectivity index (χ4v) is 2.40. The lowest BCUT2D eigenvalue weighted by molar-refractivity contribution is -0.385. The molecule has 0 aliphatic heterocycles. The van der Waals surface area contributed by atoms with E-state index >= 15 is 0 Å². The van der Waals surface area contributed by atoms with E-state index in [1.807, 2.05) is 30.3 Å². The van der Waals surface area contributed by atoms with E-state index in [1.165, 1.54) is 13.2 Å². The Bertz CT molecular complexity index is 599. The SMILES string of the molecule is COc1cc([N+](=O)[O-])c(Br)cc1Cc1ccccc1. The van der Waals surface area contributed by atoms with Gasteiger partial charge in [0.25, 0.3) is 5.69 Å². The van der Waals surface area contributed by atoms with Crippen LogP contribution in [0.2, 0.25) is 0 Å². The summed E-state index contributed by atoms with van der Waals surface area (Å²) in [6.07, 6.45) is 0.667. The van der Waals surface area contributed by atoms with E-state index in [0.29, 0.717) is 16.6 Å². The molecule has 2 aromatic carbocycles. The first-order valence-electron chi connectivity index (χ1n) is 5.66. The molecule has 19 heavy (non-hydrogen) atoms. The second-order valence-corrected chi connectivity index (χ2v) is 4.89. The maximum atomic E-state index is 10.9. The molecular weight excluding hydrogens is 310 g/mol. The van der Waals surface area contributed by atoms with Gasteiger partial charge in [0.05, 0.1) is 22.6 Å². The van der Waals surface area contributed by atoms with Gasteiger partial charge in [-0.2, -0.15) is 0 Å². The average Bonchev–Trinajstić information content (AvgIpc) is 2.39. The minimum absolute atomic E-state index is 0.00802. The summed E-state index contributed by atoms with van der Waals surface area (Å²) in [4.78, 5) is 10.4. The minimum Gasteiger partial charge on any atom is -0.496 e. The summed E-state index contributed by atoms with van der Waals surface area (Å²) in [5, 5.41) is 10.9. The highest BCUT2D eigenvalue weighted by Gasteiger charge is 2.17. The minimum atomic E-state index is -0.432. The molecule has 0 radical (unpaired) electrons. The Morgan fingerprint density at radius 3 is 2.53 bits per heavy atom. The topological polar surface area (TPSA) is 52.4 Å². The quantitative estimate of drug-likeness (QED) is 0.632. The number of nitro groups is 1. The maximum Gasteiger partial charge on any atom is 0.287 e. The van der Waals surface area contributed by atoms with Crippen LogP contribution in [0, 0.1) is 10.1 Å². The summed E-state index contributed by atoms with van der Waals surface area (Å²) < 4.78 is 5.70. The van der Waals surface area contributed by atoms with Gasteiger partial charge >= 0.3 is 0 Å². The van der Waals surface area contributed by atoms with Crippen LogP contribution >= 0.6 is 15.9 Å². The molecule has 0 aromatic heterocycles. The lowest BCUT2D eigenvalue weighted by atomic mass is 10.0. The zero-order chi connectivity index (χ0) is 13.8. The summed E-state index contributed by atoms with van der Waals surface area (Å²) in [5.41, 5.74) is 2.04. The third-order valence-electron chi connectivity index (χ3n) is 2.78. The standard InChI is InChI=1S/C14H12BrNO3/c1-19-14-9-13(16(17)18)12(15)8-11(14)7-10-5-3-2-4-6-10/h2-6,8-9H,7H2,1H3. The highest BCUT2D eigenvalue weighted by atomic mass is 79.9. The first-order valence-corrected chi connectivity index (χ1v) is 6.46. The van der Waals surface area contributed by atoms with Gasteiger partial charge in [-0.25, -0.2) is 0 Å². The van der Waals surface area contributed by atoms with Crippen LogP contribution in [-0.2, 0) is 6.42 Å². The van der Waals surface area contributed by atoms with Crippen LogP contribution in [0.4, 0.5) is 5.69 Å². The monoisotopic (exact) mass is 321 g/mol. The van der Waals surface area contributed by atoms with Crippen molar-refractivity contribution in [3.63, 3.8) is 0 Å². The maximum absolute atomic E-state index is 10.9. The number of ether oxygens (including phenoxy) is 1. The van der Waals surface area contributed by atoms with Crippen LogP contribution in [0.5, 0.6) is 5.75 Å². The van der Waals surface area contributed by atoms with Crippen LogP contribution in [0.15, 0.2) is 46.9 Å². The molecule has 0 bridgehead atoms. The second-order valence-electron chi connectivity index (χ2n) is 4.03. The summed E-state index contributed by atoms with van der Waals surface area (Å²) in [7, 11) is 1.52. The number of nitro benzene ring substituents is 1. The Labute approximate surface area is 119 Å². The van der Waals surface area contributed by atoms with Gasteiger partial charge in [-0.05, 0) is 27.6 Å². The summed E-state index contributed by atoms with van der Waals surface area (Å²) in [5.74, 6) is 0.527. The predicted octanol–water partition coefficient (Wildman–Crippen LogP) is 3.96. The van der Waals surface area contributed by atoms with Gasteiger partial charge in [0.1, 0.15) is 5.75 Å². The van der Waals surface area contributed by atoms with Crippen molar-refractivity contribution in [2.75, 3.05) is 7.11 Å². The van der Waals surface area contributed by atoms with Crippen molar-refractivity contribution in [2.24, 2.45) is 0 Å². The molecule has 5 heteroatoms. The number of methoxy groups -OCH3 is 1. The second kappa shape index (κ2) is 5.84. The van der Waals surface area contributed by atoms with Crippen LogP contribution in [0.1, 0.15) is 11.1 Å². The van der Waals surface area contributed by atoms with Gasteiger partial charge in [-0.1, -0.05) is 30.3 Å². The smallest absolute Gasteiger partial charge is 0.287 e. The van der Waals surface area contributed by atoms with Crippen LogP contribution in [-0.4, -0.2) is 12.0 Å². The van der Waals surface area contributed by atoms with Gasteiger partial charge in [-0.15, -0.1) is 0 Å². The lowest BCUT2D eigenvalue weighted by Gasteiger charge is -2.09. The number of hydrogen-bond acceptors (Lipinski definition) is 3. The number of halogens is 1. The number of nitrogens with zero attached hydrogens (tertiary/aromatic N) is 1. The molecule has 0 heterocycles. The van der Waals surface area contributed by atoms with Gasteiger partial charge in [0, 0.05) is 12.0 Å². The van der Waals surface area contributed by atoms with Crippen molar-refractivity contribution in [2.45, 2.75) is 6.42 Å². The van der Waals surface area contributed by atoms with Crippen molar-refractivity contribution in [1.29, 1.82) is 0 Å². The summed E-state index contributed by atoms with van der Waals surface area (Å²) in [6.45, 7) is 0. The van der Waals surface area contributed by atoms with Crippen molar-refractivity contribution in [3.8, 4) is 5.75 Å². The molecular formula is C14H12BrNO3. The molecule has 0 N–H and O–H groups in total. The zero-order valence-corrected chi connectivity index (χ0v) is 11.9. The molecule has 0 spiro atoms. The Hall–Kier alpha value is -1.88. The third kappa shape index (κ3) is 3.12. The average molecular weight is 322 g/mol. The van der Waals surface area contributed by atoms with E-state index in [9.17, 15) is 10.1 Å². The summed E-state index contributed by atoms with van der Waals surface area (Å²) >= 11 is 3.23. The van der Waals surface area contributed by atoms with E-state index in [1.54, 1.807) is 6.07 Å². The Morgan fingerprint density at radius 1 is 1.26 bits per heavy atom. The van der Waals surface area contributed by atoms with Crippen LogP contribution in [0.25, 0.3) is 0 Å². The number of benzene rings is 2. The zero-order valence-electron chi connectivity index (χ0n) is 10.3. The highest BCUT2D eigenvalue weighted by Crippen LogP contribution is 2.33. The number of hydrogen-bond donors (Lipinski definition) is 0. The van der Waals surface area contributed by atoms with Gasteiger partial charge in [0.15, 0.2) is 0 Å². The van der Waals surface area contributed by atoms with Crippen molar-refractivity contribution in [3.05, 3.63) is 68.2 Å². The van der Waals surface area contributed by atoms with Crippen molar-refractivity contribution < 1.29 is 9.66 Å². The molecule has 4 nitrogen and oxygen atoms in total. The molecule has 2 rings (SSSR count). The first-order chi connectivity index (χ1) is 9.11. The lowest BCUT2D eigenvalue weighted by Crippen LogP contribution is -1.97. The molecule has 0 saturated carbocycles. The van der Waals surface area contributed by atoms with Crippen LogP contribution in [0.3, 0.4) is 0 Å². The molecule has 0 atom stereocenters. The van der Waals surface area contributed by atoms with Crippen LogP contribution < -0.4 is 4.74 Å². The molecule has 0 aliphatic rings. The van der Waals surface area contributed by atoms with Gasteiger partial charge in [-0.3, -0.25) is 10.1 Å². The van der Waals surface area contributed by atoms with E-state index in [-0.39, 0.29) is 5.69 Å². The third-order valence-corrected chi connectivity index (χ3v) is 3.42. The summed E-state index contributed by atoms with van der Waals surface area (Å²) in [6, 6.07) is 13.1.